The van der Waals surface area contributed by atoms with Crippen molar-refractivity contribution in [1.82, 2.24) is 0 Å². The van der Waals surface area contributed by atoms with Crippen LogP contribution in [0.2, 0.25) is 0 Å². The summed E-state index contributed by atoms with van der Waals surface area (Å²) in [4.78, 5) is 13.3. The van der Waals surface area contributed by atoms with Gasteiger partial charge < -0.3 is 10.1 Å². The fourth-order valence-electron chi connectivity index (χ4n) is 2.40. The molecule has 0 saturated heterocycles. The second kappa shape index (κ2) is 7.36. The van der Waals surface area contributed by atoms with Crippen molar-refractivity contribution in [2.45, 2.75) is 25.7 Å². The smallest absolute Gasteiger partial charge is 0.234 e. The van der Waals surface area contributed by atoms with Gasteiger partial charge in [0.05, 0.1) is 12.9 Å². The van der Waals surface area contributed by atoms with Gasteiger partial charge in [-0.05, 0) is 56.2 Å². The third kappa shape index (κ3) is 4.28. The number of nitrogens with one attached hydrogen (secondary N) is 1. The fourth-order valence-corrected chi connectivity index (χ4v) is 3.32. The van der Waals surface area contributed by atoms with E-state index in [-0.39, 0.29) is 5.91 Å². The normalized spacial score (nSPS) is 10.4. The van der Waals surface area contributed by atoms with Crippen LogP contribution < -0.4 is 10.1 Å². The Morgan fingerprint density at radius 3 is 2.23 bits per heavy atom. The van der Waals surface area contributed by atoms with Crippen LogP contribution in [-0.4, -0.2) is 18.8 Å². The Morgan fingerprint density at radius 1 is 1.09 bits per heavy atom. The molecule has 22 heavy (non-hydrogen) atoms. The molecule has 0 unspecified atom stereocenters. The van der Waals surface area contributed by atoms with Crippen LogP contribution in [0, 0.1) is 20.8 Å². The van der Waals surface area contributed by atoms with E-state index < -0.39 is 0 Å². The van der Waals surface area contributed by atoms with Gasteiger partial charge in [0.15, 0.2) is 0 Å². The summed E-state index contributed by atoms with van der Waals surface area (Å²) in [6, 6.07) is 11.6. The van der Waals surface area contributed by atoms with E-state index in [4.69, 9.17) is 4.74 Å². The van der Waals surface area contributed by atoms with Gasteiger partial charge >= 0.3 is 0 Å². The summed E-state index contributed by atoms with van der Waals surface area (Å²) in [5.74, 6) is 1.17. The molecule has 0 heterocycles. The second-order valence-electron chi connectivity index (χ2n) is 5.29. The Bertz CT molecular complexity index is 642. The van der Waals surface area contributed by atoms with Crippen LogP contribution in [0.3, 0.4) is 0 Å². The van der Waals surface area contributed by atoms with Crippen molar-refractivity contribution < 1.29 is 9.53 Å². The lowest BCUT2D eigenvalue weighted by Crippen LogP contribution is -2.14. The third-order valence-electron chi connectivity index (χ3n) is 3.33. The highest BCUT2D eigenvalue weighted by Crippen LogP contribution is 2.27. The molecule has 2 aromatic rings. The van der Waals surface area contributed by atoms with E-state index in [1.54, 1.807) is 18.9 Å². The maximum atomic E-state index is 12.1. The molecular formula is C18H21NO2S. The van der Waals surface area contributed by atoms with E-state index in [0.29, 0.717) is 5.75 Å². The number of methoxy groups -OCH3 is 1. The average molecular weight is 315 g/mol. The molecule has 0 radical (unpaired) electrons. The molecule has 116 valence electrons. The molecule has 0 aliphatic heterocycles. The van der Waals surface area contributed by atoms with Gasteiger partial charge in [-0.2, -0.15) is 0 Å². The van der Waals surface area contributed by atoms with E-state index in [0.717, 1.165) is 11.4 Å². The number of thioether (sulfide) groups is 1. The molecule has 2 aromatic carbocycles. The zero-order chi connectivity index (χ0) is 16.1. The Balaban J connectivity index is 1.95. The van der Waals surface area contributed by atoms with E-state index in [2.05, 4.69) is 38.2 Å². The molecule has 0 aromatic heterocycles. The molecule has 0 aliphatic carbocycles. The largest absolute Gasteiger partial charge is 0.497 e. The van der Waals surface area contributed by atoms with Crippen LogP contribution in [0.25, 0.3) is 0 Å². The van der Waals surface area contributed by atoms with Gasteiger partial charge in [0.1, 0.15) is 5.75 Å². The lowest BCUT2D eigenvalue weighted by atomic mass is 10.1. The topological polar surface area (TPSA) is 38.3 Å². The fraction of sp³-hybridized carbons (Fsp3) is 0.278. The first kappa shape index (κ1) is 16.4. The van der Waals surface area contributed by atoms with Crippen molar-refractivity contribution in [3.63, 3.8) is 0 Å². The minimum absolute atomic E-state index is 0.00505. The van der Waals surface area contributed by atoms with Crippen LogP contribution >= 0.6 is 11.8 Å². The van der Waals surface area contributed by atoms with Crippen molar-refractivity contribution in [2.24, 2.45) is 0 Å². The van der Waals surface area contributed by atoms with Crippen LogP contribution in [0.15, 0.2) is 41.3 Å². The summed E-state index contributed by atoms with van der Waals surface area (Å²) < 4.78 is 5.10. The summed E-state index contributed by atoms with van der Waals surface area (Å²) >= 11 is 1.58. The lowest BCUT2D eigenvalue weighted by Gasteiger charge is -2.11. The first-order chi connectivity index (χ1) is 10.5. The van der Waals surface area contributed by atoms with E-state index in [1.807, 2.05) is 24.3 Å². The van der Waals surface area contributed by atoms with E-state index in [1.165, 1.54) is 21.6 Å². The third-order valence-corrected chi connectivity index (χ3v) is 4.67. The predicted octanol–water partition coefficient (Wildman–Crippen LogP) is 4.35. The molecule has 4 heteroatoms. The Labute approximate surface area is 136 Å². The maximum absolute atomic E-state index is 12.1. The van der Waals surface area contributed by atoms with Crippen molar-refractivity contribution in [2.75, 3.05) is 18.2 Å². The van der Waals surface area contributed by atoms with Crippen molar-refractivity contribution in [3.05, 3.63) is 53.1 Å². The molecule has 0 saturated carbocycles. The van der Waals surface area contributed by atoms with Gasteiger partial charge in [0.2, 0.25) is 5.91 Å². The number of amides is 1. The van der Waals surface area contributed by atoms with Crippen LogP contribution in [0.1, 0.15) is 16.7 Å². The lowest BCUT2D eigenvalue weighted by molar-refractivity contribution is -0.113. The molecular weight excluding hydrogens is 294 g/mol. The summed E-state index contributed by atoms with van der Waals surface area (Å²) in [6.07, 6.45) is 0. The first-order valence-electron chi connectivity index (χ1n) is 7.14. The first-order valence-corrected chi connectivity index (χ1v) is 8.12. The molecule has 3 nitrogen and oxygen atoms in total. The Hall–Kier alpha value is -1.94. The number of benzene rings is 2. The van der Waals surface area contributed by atoms with Gasteiger partial charge in [0, 0.05) is 10.6 Å². The standard InChI is InChI=1S/C18H21NO2S/c1-12-9-13(2)18(14(3)10-12)22-11-17(20)19-15-5-7-16(21-4)8-6-15/h5-10H,11H2,1-4H3,(H,19,20). The molecule has 0 aliphatic rings. The minimum Gasteiger partial charge on any atom is -0.497 e. The number of hydrogen-bond donors (Lipinski definition) is 1. The zero-order valence-electron chi connectivity index (χ0n) is 13.4. The molecule has 0 spiro atoms. The highest BCUT2D eigenvalue weighted by atomic mass is 32.2. The van der Waals surface area contributed by atoms with Crippen molar-refractivity contribution in [3.8, 4) is 5.75 Å². The number of carbonyl (C=O) groups excluding carboxylic acids is 1. The number of ether oxygens (including phenoxy) is 1. The maximum Gasteiger partial charge on any atom is 0.234 e. The Kier molecular flexibility index (Phi) is 5.50. The molecule has 0 fully saturated rings. The highest BCUT2D eigenvalue weighted by molar-refractivity contribution is 8.00. The summed E-state index contributed by atoms with van der Waals surface area (Å²) in [6.45, 7) is 6.26. The number of anilines is 1. The highest BCUT2D eigenvalue weighted by Gasteiger charge is 2.08. The van der Waals surface area contributed by atoms with Crippen molar-refractivity contribution >= 4 is 23.4 Å². The number of hydrogen-bond acceptors (Lipinski definition) is 3. The number of carbonyl (C=O) groups is 1. The van der Waals surface area contributed by atoms with Gasteiger partial charge in [-0.25, -0.2) is 0 Å². The average Bonchev–Trinajstić information content (AvgIpc) is 2.47. The van der Waals surface area contributed by atoms with E-state index in [9.17, 15) is 4.79 Å². The minimum atomic E-state index is -0.00505. The molecule has 0 bridgehead atoms. The van der Waals surface area contributed by atoms with Crippen LogP contribution in [0.4, 0.5) is 5.69 Å². The van der Waals surface area contributed by atoms with E-state index >= 15 is 0 Å². The van der Waals surface area contributed by atoms with Gasteiger partial charge in [-0.1, -0.05) is 17.7 Å². The van der Waals surface area contributed by atoms with Crippen LogP contribution in [-0.2, 0) is 4.79 Å². The predicted molar refractivity (Wildman–Crippen MR) is 93.0 cm³/mol. The summed E-state index contributed by atoms with van der Waals surface area (Å²) in [5, 5.41) is 2.90. The molecule has 1 amide bonds. The Morgan fingerprint density at radius 2 is 1.68 bits per heavy atom. The van der Waals surface area contributed by atoms with Crippen LogP contribution in [0.5, 0.6) is 5.75 Å². The van der Waals surface area contributed by atoms with Gasteiger partial charge in [-0.3, -0.25) is 4.79 Å². The number of aryl methyl sites for hydroxylation is 3. The summed E-state index contributed by atoms with van der Waals surface area (Å²) in [7, 11) is 1.62. The molecule has 2 rings (SSSR count). The van der Waals surface area contributed by atoms with Gasteiger partial charge in [-0.15, -0.1) is 11.8 Å². The summed E-state index contributed by atoms with van der Waals surface area (Å²) in [5.41, 5.74) is 4.48. The molecule has 1 N–H and O–H groups in total. The number of rotatable bonds is 5. The SMILES string of the molecule is COc1ccc(NC(=O)CSc2c(C)cc(C)cc2C)cc1. The quantitative estimate of drug-likeness (QED) is 0.834. The monoisotopic (exact) mass is 315 g/mol. The second-order valence-corrected chi connectivity index (χ2v) is 6.28. The molecule has 0 atom stereocenters. The van der Waals surface area contributed by atoms with Gasteiger partial charge in [0.25, 0.3) is 0 Å². The zero-order valence-corrected chi connectivity index (χ0v) is 14.2. The van der Waals surface area contributed by atoms with Crippen molar-refractivity contribution in [1.29, 1.82) is 0 Å².